The second-order valence-corrected chi connectivity index (χ2v) is 5.62. The van der Waals surface area contributed by atoms with Gasteiger partial charge in [-0.1, -0.05) is 11.8 Å². The maximum atomic E-state index is 12.1. The summed E-state index contributed by atoms with van der Waals surface area (Å²) in [6.07, 6.45) is 0. The molecule has 1 heterocycles. The summed E-state index contributed by atoms with van der Waals surface area (Å²) in [5.74, 6) is -0.208. The van der Waals surface area contributed by atoms with Crippen LogP contribution in [0.4, 0.5) is 5.69 Å². The minimum atomic E-state index is -0.422. The minimum absolute atomic E-state index is 0.208. The lowest BCUT2D eigenvalue weighted by atomic mass is 10.2. The van der Waals surface area contributed by atoms with Crippen LogP contribution in [0.1, 0.15) is 12.5 Å². The van der Waals surface area contributed by atoms with E-state index in [1.807, 2.05) is 6.07 Å². The molecule has 21 heavy (non-hydrogen) atoms. The van der Waals surface area contributed by atoms with Crippen LogP contribution in [0.5, 0.6) is 0 Å². The van der Waals surface area contributed by atoms with Crippen LogP contribution in [0.15, 0.2) is 34.2 Å². The van der Waals surface area contributed by atoms with Gasteiger partial charge >= 0.3 is 5.69 Å². The van der Waals surface area contributed by atoms with Gasteiger partial charge in [-0.15, -0.1) is 5.10 Å². The predicted molar refractivity (Wildman–Crippen MR) is 78.9 cm³/mol. The third-order valence-electron chi connectivity index (χ3n) is 2.77. The van der Waals surface area contributed by atoms with E-state index in [0.717, 1.165) is 0 Å². The van der Waals surface area contributed by atoms with Crippen LogP contribution in [-0.4, -0.2) is 25.9 Å². The highest BCUT2D eigenvalue weighted by Gasteiger charge is 2.17. The highest BCUT2D eigenvalue weighted by molar-refractivity contribution is 8.00. The van der Waals surface area contributed by atoms with Gasteiger partial charge < -0.3 is 5.32 Å². The number of anilines is 1. The number of H-pyrrole nitrogens is 1. The lowest BCUT2D eigenvalue weighted by Crippen LogP contribution is -2.23. The number of nitrogens with zero attached hydrogens (tertiary/aromatic N) is 3. The molecule has 0 saturated heterocycles. The fraction of sp³-hybridized carbons (Fsp3) is 0.231. The summed E-state index contributed by atoms with van der Waals surface area (Å²) in [7, 11) is 1.58. The van der Waals surface area contributed by atoms with E-state index in [0.29, 0.717) is 16.4 Å². The van der Waals surface area contributed by atoms with Gasteiger partial charge in [0.2, 0.25) is 5.91 Å². The quantitative estimate of drug-likeness (QED) is 0.823. The van der Waals surface area contributed by atoms with E-state index in [9.17, 15) is 9.59 Å². The van der Waals surface area contributed by atoms with Gasteiger partial charge in [0.25, 0.3) is 0 Å². The maximum Gasteiger partial charge on any atom is 0.343 e. The Morgan fingerprint density at radius 3 is 2.67 bits per heavy atom. The molecule has 7 nitrogen and oxygen atoms in total. The van der Waals surface area contributed by atoms with Gasteiger partial charge in [0.1, 0.15) is 0 Å². The third-order valence-corrected chi connectivity index (χ3v) is 3.92. The zero-order valence-electron chi connectivity index (χ0n) is 11.5. The lowest BCUT2D eigenvalue weighted by molar-refractivity contribution is -0.115. The van der Waals surface area contributed by atoms with Crippen molar-refractivity contribution in [1.29, 1.82) is 5.26 Å². The van der Waals surface area contributed by atoms with E-state index in [4.69, 9.17) is 5.26 Å². The zero-order valence-corrected chi connectivity index (χ0v) is 12.3. The number of aromatic nitrogens is 3. The highest BCUT2D eigenvalue weighted by Crippen LogP contribution is 2.20. The Morgan fingerprint density at radius 1 is 1.48 bits per heavy atom. The van der Waals surface area contributed by atoms with E-state index in [1.165, 1.54) is 16.3 Å². The molecule has 0 saturated carbocycles. The van der Waals surface area contributed by atoms with Crippen molar-refractivity contribution in [3.63, 3.8) is 0 Å². The van der Waals surface area contributed by atoms with Gasteiger partial charge in [0.15, 0.2) is 5.16 Å². The highest BCUT2D eigenvalue weighted by atomic mass is 32.2. The monoisotopic (exact) mass is 303 g/mol. The van der Waals surface area contributed by atoms with Gasteiger partial charge in [0.05, 0.1) is 16.9 Å². The number of benzene rings is 1. The molecule has 1 atom stereocenters. The van der Waals surface area contributed by atoms with Gasteiger partial charge in [-0.3, -0.25) is 9.36 Å². The molecule has 2 N–H and O–H groups in total. The SMILES string of the molecule is CC(Sc1n[nH]c(=O)n1C)C(=O)Nc1ccc(C#N)cc1. The molecule has 1 aromatic carbocycles. The summed E-state index contributed by atoms with van der Waals surface area (Å²) in [6.45, 7) is 1.73. The lowest BCUT2D eigenvalue weighted by Gasteiger charge is -2.11. The van der Waals surface area contributed by atoms with Crippen LogP contribution in [0.2, 0.25) is 0 Å². The standard InChI is InChI=1S/C13H13N5O2S/c1-8(21-13-17-16-12(20)18(13)2)11(19)15-10-5-3-9(7-14)4-6-10/h3-6,8H,1-2H3,(H,15,19)(H,16,20). The molecule has 0 aliphatic heterocycles. The molecule has 108 valence electrons. The molecular formula is C13H13N5O2S. The summed E-state index contributed by atoms with van der Waals surface area (Å²) in [4.78, 5) is 23.3. The van der Waals surface area contributed by atoms with Crippen LogP contribution in [0.25, 0.3) is 0 Å². The summed E-state index contributed by atoms with van der Waals surface area (Å²) in [6, 6.07) is 8.60. The Balaban J connectivity index is 2.00. The van der Waals surface area contributed by atoms with E-state index in [-0.39, 0.29) is 11.6 Å². The fourth-order valence-corrected chi connectivity index (χ4v) is 2.34. The molecule has 1 unspecified atom stereocenters. The first-order valence-corrected chi connectivity index (χ1v) is 6.98. The number of amides is 1. The van der Waals surface area contributed by atoms with Gasteiger partial charge in [-0.25, -0.2) is 9.89 Å². The van der Waals surface area contributed by atoms with Crippen LogP contribution in [-0.2, 0) is 11.8 Å². The molecule has 0 aliphatic carbocycles. The van der Waals surface area contributed by atoms with Crippen molar-refractivity contribution in [1.82, 2.24) is 14.8 Å². The van der Waals surface area contributed by atoms with Crippen LogP contribution < -0.4 is 11.0 Å². The number of aromatic amines is 1. The van der Waals surface area contributed by atoms with Crippen molar-refractivity contribution in [2.24, 2.45) is 7.05 Å². The van der Waals surface area contributed by atoms with Crippen molar-refractivity contribution in [2.75, 3.05) is 5.32 Å². The average Bonchev–Trinajstić information content (AvgIpc) is 2.80. The fourth-order valence-electron chi connectivity index (χ4n) is 1.52. The normalized spacial score (nSPS) is 11.7. The number of hydrogen-bond donors (Lipinski definition) is 2. The van der Waals surface area contributed by atoms with E-state index < -0.39 is 5.25 Å². The number of rotatable bonds is 4. The summed E-state index contributed by atoms with van der Waals surface area (Å²) in [5, 5.41) is 17.6. The van der Waals surface area contributed by atoms with Gasteiger partial charge in [-0.05, 0) is 31.2 Å². The molecule has 8 heteroatoms. The van der Waals surface area contributed by atoms with Crippen molar-refractivity contribution in [3.05, 3.63) is 40.3 Å². The van der Waals surface area contributed by atoms with E-state index in [1.54, 1.807) is 38.2 Å². The molecule has 0 bridgehead atoms. The molecule has 0 aliphatic rings. The van der Waals surface area contributed by atoms with Crippen molar-refractivity contribution < 1.29 is 4.79 Å². The Kier molecular flexibility index (Phi) is 4.45. The van der Waals surface area contributed by atoms with Crippen LogP contribution in [0, 0.1) is 11.3 Å². The first kappa shape index (κ1) is 14.9. The predicted octanol–water partition coefficient (Wildman–Crippen LogP) is 1.10. The van der Waals surface area contributed by atoms with Crippen molar-refractivity contribution in [2.45, 2.75) is 17.3 Å². The van der Waals surface area contributed by atoms with Gasteiger partial charge in [-0.2, -0.15) is 5.26 Å². The minimum Gasteiger partial charge on any atom is -0.325 e. The van der Waals surface area contributed by atoms with Gasteiger partial charge in [0, 0.05) is 12.7 Å². The summed E-state index contributed by atoms with van der Waals surface area (Å²) in [5.41, 5.74) is 0.821. The van der Waals surface area contributed by atoms with Crippen LogP contribution >= 0.6 is 11.8 Å². The number of carbonyl (C=O) groups is 1. The molecular weight excluding hydrogens is 290 g/mol. The summed E-state index contributed by atoms with van der Waals surface area (Å²) < 4.78 is 1.34. The third kappa shape index (κ3) is 3.52. The number of nitriles is 1. The van der Waals surface area contributed by atoms with E-state index in [2.05, 4.69) is 15.5 Å². The topological polar surface area (TPSA) is 104 Å². The first-order chi connectivity index (χ1) is 10.0. The zero-order chi connectivity index (χ0) is 15.4. The Labute approximate surface area is 125 Å². The summed E-state index contributed by atoms with van der Waals surface area (Å²) >= 11 is 1.18. The Morgan fingerprint density at radius 2 is 2.14 bits per heavy atom. The smallest absolute Gasteiger partial charge is 0.325 e. The average molecular weight is 303 g/mol. The molecule has 0 fully saturated rings. The number of nitrogens with one attached hydrogen (secondary N) is 2. The number of thioether (sulfide) groups is 1. The molecule has 2 aromatic rings. The Bertz CT molecular complexity index is 741. The second kappa shape index (κ2) is 6.28. The van der Waals surface area contributed by atoms with Crippen LogP contribution in [0.3, 0.4) is 0 Å². The Hall–Kier alpha value is -2.53. The first-order valence-electron chi connectivity index (χ1n) is 6.10. The molecule has 0 spiro atoms. The van der Waals surface area contributed by atoms with Crippen molar-refractivity contribution in [3.8, 4) is 6.07 Å². The second-order valence-electron chi connectivity index (χ2n) is 4.31. The molecule has 1 aromatic heterocycles. The largest absolute Gasteiger partial charge is 0.343 e. The number of hydrogen-bond acceptors (Lipinski definition) is 5. The molecule has 1 amide bonds. The van der Waals surface area contributed by atoms with E-state index >= 15 is 0 Å². The maximum absolute atomic E-state index is 12.1. The molecule has 0 radical (unpaired) electrons. The molecule has 2 rings (SSSR count). The van der Waals surface area contributed by atoms with Crippen molar-refractivity contribution >= 4 is 23.4 Å². The number of carbonyl (C=O) groups excluding carboxylic acids is 1.